The molecule has 1 aliphatic rings. The number of aromatic nitrogens is 3. The van der Waals surface area contributed by atoms with Crippen LogP contribution in [0.15, 0.2) is 48.9 Å². The average Bonchev–Trinajstić information content (AvgIpc) is 3.43. The Bertz CT molecular complexity index is 1470. The van der Waals surface area contributed by atoms with Gasteiger partial charge >= 0.3 is 0 Å². The van der Waals surface area contributed by atoms with Crippen LogP contribution in [0.5, 0.6) is 5.75 Å². The van der Waals surface area contributed by atoms with E-state index in [9.17, 15) is 14.7 Å². The van der Waals surface area contributed by atoms with Crippen LogP contribution in [0.3, 0.4) is 0 Å². The molecule has 180 valence electrons. The summed E-state index contributed by atoms with van der Waals surface area (Å²) in [4.78, 5) is 25.5. The van der Waals surface area contributed by atoms with Crippen molar-refractivity contribution in [1.82, 2.24) is 14.2 Å². The van der Waals surface area contributed by atoms with Crippen LogP contribution in [0.1, 0.15) is 65.2 Å². The minimum Gasteiger partial charge on any atom is -0.497 e. The fourth-order valence-electron chi connectivity index (χ4n) is 4.15. The zero-order chi connectivity index (χ0) is 24.9. The number of amides is 1. The third-order valence-electron chi connectivity index (χ3n) is 6.24. The van der Waals surface area contributed by atoms with E-state index in [1.807, 2.05) is 4.68 Å². The Morgan fingerprint density at radius 1 is 1.26 bits per heavy atom. The maximum absolute atomic E-state index is 15.7. The lowest BCUT2D eigenvalue weighted by Gasteiger charge is -2.14. The summed E-state index contributed by atoms with van der Waals surface area (Å²) in [5.74, 6) is -0.936. The molecule has 8 nitrogen and oxygen atoms in total. The van der Waals surface area contributed by atoms with E-state index in [1.54, 1.807) is 48.1 Å². The standard InChI is InChI=1S/C26H25FN4O4/c1-14(32)16-8-20(17-12-28-31(13-17)18-4-5-18)25(27)22(9-16)29-26(34)21-11-23(15(2)33)30-7-6-19(35-3)10-24(21)30/h6-14,18,32H,4-5H2,1-3H3,(H,29,34)/t14-/m0/s1. The number of anilines is 1. The lowest BCUT2D eigenvalue weighted by molar-refractivity contribution is 0.101. The molecule has 0 unspecified atom stereocenters. The number of halogens is 1. The molecule has 35 heavy (non-hydrogen) atoms. The van der Waals surface area contributed by atoms with Crippen molar-refractivity contribution < 1.29 is 23.8 Å². The van der Waals surface area contributed by atoms with E-state index in [0.29, 0.717) is 34.1 Å². The molecule has 0 saturated heterocycles. The van der Waals surface area contributed by atoms with Gasteiger partial charge in [-0.05, 0) is 49.6 Å². The van der Waals surface area contributed by atoms with Crippen molar-refractivity contribution in [3.63, 3.8) is 0 Å². The van der Waals surface area contributed by atoms with Crippen molar-refractivity contribution in [3.05, 3.63) is 71.6 Å². The Labute approximate surface area is 200 Å². The Morgan fingerprint density at radius 2 is 2.03 bits per heavy atom. The van der Waals surface area contributed by atoms with Crippen LogP contribution < -0.4 is 10.1 Å². The molecule has 4 aromatic rings. The summed E-state index contributed by atoms with van der Waals surface area (Å²) in [7, 11) is 1.50. The van der Waals surface area contributed by atoms with E-state index in [0.717, 1.165) is 12.8 Å². The number of aliphatic hydroxyl groups is 1. The number of pyridine rings is 1. The third-order valence-corrected chi connectivity index (χ3v) is 6.24. The predicted octanol–water partition coefficient (Wildman–Crippen LogP) is 4.79. The first-order chi connectivity index (χ1) is 16.8. The highest BCUT2D eigenvalue weighted by molar-refractivity contribution is 6.11. The predicted molar refractivity (Wildman–Crippen MR) is 128 cm³/mol. The first kappa shape index (κ1) is 22.8. The van der Waals surface area contributed by atoms with Gasteiger partial charge in [0.2, 0.25) is 0 Å². The third kappa shape index (κ3) is 4.19. The minimum absolute atomic E-state index is 0.0748. The SMILES string of the molecule is COc1ccn2c(C(C)=O)cc(C(=O)Nc3cc([C@H](C)O)cc(-c4cnn(C5CC5)c4)c3F)c2c1. The molecule has 2 N–H and O–H groups in total. The van der Waals surface area contributed by atoms with E-state index < -0.39 is 17.8 Å². The normalized spacial score (nSPS) is 14.2. The molecule has 1 fully saturated rings. The molecule has 1 amide bonds. The number of carbonyl (C=O) groups excluding carboxylic acids is 2. The Kier molecular flexibility index (Phi) is 5.64. The molecule has 0 aliphatic heterocycles. The number of benzene rings is 1. The number of ketones is 1. The summed E-state index contributed by atoms with van der Waals surface area (Å²) < 4.78 is 24.3. The van der Waals surface area contributed by atoms with Crippen LogP contribution in [0, 0.1) is 5.82 Å². The Hall–Kier alpha value is -3.98. The number of carbonyl (C=O) groups is 2. The summed E-state index contributed by atoms with van der Waals surface area (Å²) >= 11 is 0. The van der Waals surface area contributed by atoms with E-state index >= 15 is 4.39 Å². The molecule has 3 heterocycles. The van der Waals surface area contributed by atoms with Gasteiger partial charge in [-0.1, -0.05) is 0 Å². The molecular formula is C26H25FN4O4. The summed E-state index contributed by atoms with van der Waals surface area (Å²) in [6.07, 6.45) is 6.20. The molecule has 1 saturated carbocycles. The van der Waals surface area contributed by atoms with E-state index in [1.165, 1.54) is 26.2 Å². The fourth-order valence-corrected chi connectivity index (χ4v) is 4.15. The van der Waals surface area contributed by atoms with Gasteiger partial charge in [0.15, 0.2) is 11.6 Å². The molecule has 0 spiro atoms. The largest absolute Gasteiger partial charge is 0.497 e. The smallest absolute Gasteiger partial charge is 0.257 e. The maximum Gasteiger partial charge on any atom is 0.257 e. The van der Waals surface area contributed by atoms with Crippen LogP contribution in [0.2, 0.25) is 0 Å². The van der Waals surface area contributed by atoms with Crippen molar-refractivity contribution in [3.8, 4) is 16.9 Å². The lowest BCUT2D eigenvalue weighted by atomic mass is 10.0. The van der Waals surface area contributed by atoms with Crippen LogP contribution in [0.4, 0.5) is 10.1 Å². The number of nitrogens with zero attached hydrogens (tertiary/aromatic N) is 3. The first-order valence-corrected chi connectivity index (χ1v) is 11.3. The monoisotopic (exact) mass is 476 g/mol. The van der Waals surface area contributed by atoms with Gasteiger partial charge in [-0.25, -0.2) is 4.39 Å². The number of methoxy groups -OCH3 is 1. The number of fused-ring (bicyclic) bond motifs is 1. The van der Waals surface area contributed by atoms with Crippen molar-refractivity contribution >= 4 is 22.9 Å². The number of rotatable bonds is 7. The molecule has 1 atom stereocenters. The molecule has 3 aromatic heterocycles. The second-order valence-electron chi connectivity index (χ2n) is 8.82. The van der Waals surface area contributed by atoms with E-state index in [2.05, 4.69) is 10.4 Å². The highest BCUT2D eigenvalue weighted by Crippen LogP contribution is 2.37. The summed E-state index contributed by atoms with van der Waals surface area (Å²) in [6, 6.07) is 8.11. The van der Waals surface area contributed by atoms with E-state index in [4.69, 9.17) is 4.74 Å². The van der Waals surface area contributed by atoms with Gasteiger partial charge in [-0.15, -0.1) is 0 Å². The fraction of sp³-hybridized carbons (Fsp3) is 0.269. The molecule has 9 heteroatoms. The van der Waals surface area contributed by atoms with Crippen molar-refractivity contribution in [2.45, 2.75) is 38.8 Å². The van der Waals surface area contributed by atoms with Crippen LogP contribution in [-0.2, 0) is 0 Å². The lowest BCUT2D eigenvalue weighted by Crippen LogP contribution is -2.14. The minimum atomic E-state index is -0.882. The van der Waals surface area contributed by atoms with Crippen molar-refractivity contribution in [2.24, 2.45) is 0 Å². The molecule has 5 rings (SSSR count). The van der Waals surface area contributed by atoms with Gasteiger partial charge < -0.3 is 19.6 Å². The topological polar surface area (TPSA) is 97.9 Å². The average molecular weight is 477 g/mol. The quantitative estimate of drug-likeness (QED) is 0.374. The second kappa shape index (κ2) is 8.66. The van der Waals surface area contributed by atoms with Crippen LogP contribution in [0.25, 0.3) is 16.6 Å². The summed E-state index contributed by atoms with van der Waals surface area (Å²) in [5.41, 5.74) is 2.13. The van der Waals surface area contributed by atoms with Gasteiger partial charge in [0.05, 0.1) is 47.9 Å². The highest BCUT2D eigenvalue weighted by atomic mass is 19.1. The number of nitrogens with one attached hydrogen (secondary N) is 1. The van der Waals surface area contributed by atoms with Gasteiger partial charge in [-0.2, -0.15) is 5.10 Å². The van der Waals surface area contributed by atoms with Crippen LogP contribution in [-0.4, -0.2) is 38.1 Å². The second-order valence-corrected chi connectivity index (χ2v) is 8.82. The molecule has 0 bridgehead atoms. The molecule has 0 radical (unpaired) electrons. The molecule has 1 aromatic carbocycles. The molecule has 1 aliphatic carbocycles. The Balaban J connectivity index is 1.56. The number of hydrogen-bond donors (Lipinski definition) is 2. The number of ether oxygens (including phenoxy) is 1. The number of aliphatic hydroxyl groups excluding tert-OH is 1. The molecular weight excluding hydrogens is 451 g/mol. The maximum atomic E-state index is 15.7. The van der Waals surface area contributed by atoms with Gasteiger partial charge in [0, 0.05) is 36.5 Å². The van der Waals surface area contributed by atoms with Crippen molar-refractivity contribution in [1.29, 1.82) is 0 Å². The number of hydrogen-bond acceptors (Lipinski definition) is 5. The zero-order valence-electron chi connectivity index (χ0n) is 19.6. The first-order valence-electron chi connectivity index (χ1n) is 11.3. The van der Waals surface area contributed by atoms with Crippen molar-refractivity contribution in [2.75, 3.05) is 12.4 Å². The van der Waals surface area contributed by atoms with E-state index in [-0.39, 0.29) is 22.6 Å². The highest BCUT2D eigenvalue weighted by Gasteiger charge is 2.26. The summed E-state index contributed by atoms with van der Waals surface area (Å²) in [5, 5.41) is 17.2. The Morgan fingerprint density at radius 3 is 2.69 bits per heavy atom. The number of Topliss-reactive ketones (excluding diaryl/α,β-unsaturated/α-hetero) is 1. The van der Waals surface area contributed by atoms with Gasteiger partial charge in [0.25, 0.3) is 5.91 Å². The summed E-state index contributed by atoms with van der Waals surface area (Å²) in [6.45, 7) is 2.98. The zero-order valence-corrected chi connectivity index (χ0v) is 19.6. The van der Waals surface area contributed by atoms with Crippen LogP contribution >= 0.6 is 0 Å². The van der Waals surface area contributed by atoms with Gasteiger partial charge in [-0.3, -0.25) is 14.3 Å². The van der Waals surface area contributed by atoms with Gasteiger partial charge in [0.1, 0.15) is 5.75 Å².